The van der Waals surface area contributed by atoms with Crippen LogP contribution < -0.4 is 0 Å². The van der Waals surface area contributed by atoms with Gasteiger partial charge in [0, 0.05) is 17.1 Å². The molecule has 0 saturated carbocycles. The summed E-state index contributed by atoms with van der Waals surface area (Å²) in [4.78, 5) is 7.32. The van der Waals surface area contributed by atoms with Crippen molar-refractivity contribution in [2.24, 2.45) is 0 Å². The number of hydrogen-bond acceptors (Lipinski definition) is 7. The predicted octanol–water partition coefficient (Wildman–Crippen LogP) is 3.20. The zero-order valence-electron chi connectivity index (χ0n) is 11.6. The lowest BCUT2D eigenvalue weighted by molar-refractivity contribution is 0.386. The van der Waals surface area contributed by atoms with E-state index in [0.717, 1.165) is 16.5 Å². The smallest absolute Gasteiger partial charge is 0.277 e. The highest BCUT2D eigenvalue weighted by Crippen LogP contribution is 2.30. The zero-order chi connectivity index (χ0) is 14.9. The van der Waals surface area contributed by atoms with Gasteiger partial charge in [0.05, 0.1) is 11.3 Å². The van der Waals surface area contributed by atoms with E-state index in [9.17, 15) is 0 Å². The number of H-pyrrole nitrogens is 1. The Morgan fingerprint density at radius 2 is 2.14 bits per heavy atom. The number of rotatable bonds is 4. The maximum atomic E-state index is 5.70. The number of aromatic nitrogens is 5. The van der Waals surface area contributed by atoms with Gasteiger partial charge in [-0.15, -0.1) is 10.2 Å². The van der Waals surface area contributed by atoms with Gasteiger partial charge in [-0.2, -0.15) is 4.98 Å². The molecular formula is C14H11N5O2S. The van der Waals surface area contributed by atoms with Crippen molar-refractivity contribution >= 4 is 22.7 Å². The molecule has 4 aromatic rings. The van der Waals surface area contributed by atoms with E-state index in [2.05, 4.69) is 25.3 Å². The van der Waals surface area contributed by atoms with E-state index in [-0.39, 0.29) is 0 Å². The highest BCUT2D eigenvalue weighted by molar-refractivity contribution is 7.98. The van der Waals surface area contributed by atoms with Gasteiger partial charge in [-0.1, -0.05) is 35.1 Å². The van der Waals surface area contributed by atoms with Crippen LogP contribution in [0.2, 0.25) is 0 Å². The lowest BCUT2D eigenvalue weighted by Crippen LogP contribution is -1.80. The van der Waals surface area contributed by atoms with E-state index in [1.807, 2.05) is 30.5 Å². The minimum atomic E-state index is 0.469. The SMILES string of the molecule is Cc1noc(CSc2nnc(-c3c[nH]c4ccccc34)o2)n1. The first-order chi connectivity index (χ1) is 10.8. The van der Waals surface area contributed by atoms with Gasteiger partial charge in [-0.25, -0.2) is 0 Å². The molecule has 0 aliphatic rings. The minimum absolute atomic E-state index is 0.469. The van der Waals surface area contributed by atoms with Crippen LogP contribution in [0.3, 0.4) is 0 Å². The molecule has 1 N–H and O–H groups in total. The summed E-state index contributed by atoms with van der Waals surface area (Å²) in [7, 11) is 0. The van der Waals surface area contributed by atoms with Gasteiger partial charge in [-0.3, -0.25) is 0 Å². The van der Waals surface area contributed by atoms with Crippen molar-refractivity contribution in [3.8, 4) is 11.5 Å². The van der Waals surface area contributed by atoms with E-state index >= 15 is 0 Å². The number of thioether (sulfide) groups is 1. The number of benzene rings is 1. The van der Waals surface area contributed by atoms with E-state index in [4.69, 9.17) is 8.94 Å². The van der Waals surface area contributed by atoms with Gasteiger partial charge in [0.15, 0.2) is 5.82 Å². The zero-order valence-corrected chi connectivity index (χ0v) is 12.4. The summed E-state index contributed by atoms with van der Waals surface area (Å²) in [6.07, 6.45) is 1.87. The Bertz CT molecular complexity index is 926. The molecule has 4 rings (SSSR count). The Labute approximate surface area is 129 Å². The van der Waals surface area contributed by atoms with Crippen LogP contribution in [-0.4, -0.2) is 25.3 Å². The Morgan fingerprint density at radius 3 is 3.00 bits per heavy atom. The summed E-state index contributed by atoms with van der Waals surface area (Å²) >= 11 is 1.36. The van der Waals surface area contributed by atoms with Gasteiger partial charge >= 0.3 is 0 Å². The summed E-state index contributed by atoms with van der Waals surface area (Å²) in [6, 6.07) is 7.97. The van der Waals surface area contributed by atoms with Crippen molar-refractivity contribution < 1.29 is 8.94 Å². The molecule has 0 aliphatic carbocycles. The highest BCUT2D eigenvalue weighted by atomic mass is 32.2. The van der Waals surface area contributed by atoms with E-state index in [0.29, 0.717) is 28.6 Å². The van der Waals surface area contributed by atoms with Crippen LogP contribution in [0.4, 0.5) is 0 Å². The van der Waals surface area contributed by atoms with E-state index in [1.165, 1.54) is 11.8 Å². The highest BCUT2D eigenvalue weighted by Gasteiger charge is 2.14. The molecule has 0 unspecified atom stereocenters. The molecule has 3 heterocycles. The van der Waals surface area contributed by atoms with Gasteiger partial charge in [0.2, 0.25) is 5.89 Å². The summed E-state index contributed by atoms with van der Waals surface area (Å²) in [5.74, 6) is 2.13. The van der Waals surface area contributed by atoms with Crippen LogP contribution >= 0.6 is 11.8 Å². The topological polar surface area (TPSA) is 93.6 Å². The Kier molecular flexibility index (Phi) is 3.15. The number of aryl methyl sites for hydroxylation is 1. The fraction of sp³-hybridized carbons (Fsp3) is 0.143. The van der Waals surface area contributed by atoms with Crippen LogP contribution in [-0.2, 0) is 5.75 Å². The number of fused-ring (bicyclic) bond motifs is 1. The van der Waals surface area contributed by atoms with Gasteiger partial charge in [0.1, 0.15) is 0 Å². The molecule has 0 amide bonds. The number of nitrogens with one attached hydrogen (secondary N) is 1. The lowest BCUT2D eigenvalue weighted by Gasteiger charge is -1.92. The molecule has 7 nitrogen and oxygen atoms in total. The second-order valence-electron chi connectivity index (χ2n) is 4.65. The maximum Gasteiger partial charge on any atom is 0.277 e. The average molecular weight is 313 g/mol. The second-order valence-corrected chi connectivity index (χ2v) is 5.57. The molecule has 3 aromatic heterocycles. The van der Waals surface area contributed by atoms with Crippen molar-refractivity contribution in [3.63, 3.8) is 0 Å². The van der Waals surface area contributed by atoms with Crippen molar-refractivity contribution in [1.82, 2.24) is 25.3 Å². The fourth-order valence-corrected chi connectivity index (χ4v) is 2.75. The summed E-state index contributed by atoms with van der Waals surface area (Å²) in [5, 5.41) is 13.4. The van der Waals surface area contributed by atoms with Gasteiger partial charge in [-0.05, 0) is 13.0 Å². The fourth-order valence-electron chi connectivity index (χ4n) is 2.15. The van der Waals surface area contributed by atoms with Crippen molar-refractivity contribution in [2.45, 2.75) is 17.9 Å². The van der Waals surface area contributed by atoms with Gasteiger partial charge in [0.25, 0.3) is 11.1 Å². The third-order valence-corrected chi connectivity index (χ3v) is 3.92. The molecule has 0 aliphatic heterocycles. The standard InChI is InChI=1S/C14H11N5O2S/c1-8-16-12(21-19-8)7-22-14-18-17-13(20-14)10-6-15-11-5-3-2-4-9(10)11/h2-6,15H,7H2,1H3. The summed E-state index contributed by atoms with van der Waals surface area (Å²) < 4.78 is 10.7. The number of nitrogens with zero attached hydrogens (tertiary/aromatic N) is 4. The Balaban J connectivity index is 1.56. The first-order valence-corrected chi connectivity index (χ1v) is 7.60. The minimum Gasteiger partial charge on any atom is -0.411 e. The van der Waals surface area contributed by atoms with Crippen molar-refractivity contribution in [2.75, 3.05) is 0 Å². The van der Waals surface area contributed by atoms with Crippen LogP contribution in [0.25, 0.3) is 22.4 Å². The first-order valence-electron chi connectivity index (χ1n) is 6.61. The van der Waals surface area contributed by atoms with Crippen molar-refractivity contribution in [1.29, 1.82) is 0 Å². The molecule has 0 saturated heterocycles. The summed E-state index contributed by atoms with van der Waals surface area (Å²) in [5.41, 5.74) is 1.93. The quantitative estimate of drug-likeness (QED) is 0.578. The molecule has 8 heteroatoms. The molecule has 22 heavy (non-hydrogen) atoms. The molecular weight excluding hydrogens is 302 g/mol. The molecule has 0 atom stereocenters. The number of aromatic amines is 1. The third-order valence-electron chi connectivity index (χ3n) is 3.11. The average Bonchev–Trinajstić information content (AvgIpc) is 3.23. The van der Waals surface area contributed by atoms with Crippen LogP contribution in [0.5, 0.6) is 0 Å². The van der Waals surface area contributed by atoms with Gasteiger partial charge < -0.3 is 13.9 Å². The largest absolute Gasteiger partial charge is 0.411 e. The molecule has 0 radical (unpaired) electrons. The molecule has 0 spiro atoms. The molecule has 1 aromatic carbocycles. The van der Waals surface area contributed by atoms with Crippen LogP contribution in [0.15, 0.2) is 44.6 Å². The van der Waals surface area contributed by atoms with E-state index < -0.39 is 0 Å². The molecule has 0 fully saturated rings. The first kappa shape index (κ1) is 13.1. The predicted molar refractivity (Wildman–Crippen MR) is 80.2 cm³/mol. The maximum absolute atomic E-state index is 5.70. The summed E-state index contributed by atoms with van der Waals surface area (Å²) in [6.45, 7) is 1.78. The lowest BCUT2D eigenvalue weighted by atomic mass is 10.2. The van der Waals surface area contributed by atoms with Crippen molar-refractivity contribution in [3.05, 3.63) is 42.2 Å². The van der Waals surface area contributed by atoms with Crippen LogP contribution in [0.1, 0.15) is 11.7 Å². The van der Waals surface area contributed by atoms with Crippen LogP contribution in [0, 0.1) is 6.92 Å². The Hall–Kier alpha value is -2.61. The number of para-hydroxylation sites is 1. The number of hydrogen-bond donors (Lipinski definition) is 1. The Morgan fingerprint density at radius 1 is 1.23 bits per heavy atom. The monoisotopic (exact) mass is 313 g/mol. The van der Waals surface area contributed by atoms with E-state index in [1.54, 1.807) is 6.92 Å². The third kappa shape index (κ3) is 2.37. The molecule has 0 bridgehead atoms. The normalized spacial score (nSPS) is 11.3. The molecule has 110 valence electrons. The second kappa shape index (κ2) is 5.30.